The van der Waals surface area contributed by atoms with E-state index in [1.54, 1.807) is 0 Å². The molecule has 3 nitrogen and oxygen atoms in total. The summed E-state index contributed by atoms with van der Waals surface area (Å²) >= 11 is 3.43. The minimum atomic E-state index is 0.154. The van der Waals surface area contributed by atoms with E-state index in [1.807, 2.05) is 12.1 Å². The highest BCUT2D eigenvalue weighted by atomic mass is 79.9. The van der Waals surface area contributed by atoms with Crippen molar-refractivity contribution in [2.75, 3.05) is 6.54 Å². The van der Waals surface area contributed by atoms with Crippen LogP contribution in [0.4, 0.5) is 0 Å². The molecule has 0 saturated carbocycles. The van der Waals surface area contributed by atoms with E-state index in [1.165, 1.54) is 5.56 Å². The van der Waals surface area contributed by atoms with Gasteiger partial charge < -0.3 is 10.6 Å². The van der Waals surface area contributed by atoms with Crippen LogP contribution < -0.4 is 10.6 Å². The maximum absolute atomic E-state index is 12.2. The topological polar surface area (TPSA) is 41.1 Å². The number of carbonyl (C=O) groups excluding carboxylic acids is 1. The van der Waals surface area contributed by atoms with Crippen LogP contribution in [0.3, 0.4) is 0 Å². The van der Waals surface area contributed by atoms with Crippen LogP contribution in [0.15, 0.2) is 28.7 Å². The number of carbonyl (C=O) groups is 1. The number of hydrogen-bond donors (Lipinski definition) is 2. The van der Waals surface area contributed by atoms with E-state index >= 15 is 0 Å². The van der Waals surface area contributed by atoms with Gasteiger partial charge in [0.1, 0.15) is 0 Å². The molecule has 0 spiro atoms. The highest BCUT2D eigenvalue weighted by molar-refractivity contribution is 9.10. The van der Waals surface area contributed by atoms with Crippen molar-refractivity contribution in [2.24, 2.45) is 0 Å². The molecule has 4 heteroatoms. The second-order valence-corrected chi connectivity index (χ2v) is 6.63. The van der Waals surface area contributed by atoms with Gasteiger partial charge in [-0.15, -0.1) is 0 Å². The van der Waals surface area contributed by atoms with Crippen LogP contribution in [0.1, 0.15) is 44.6 Å². The maximum Gasteiger partial charge on any atom is 0.220 e. The van der Waals surface area contributed by atoms with Crippen LogP contribution in [0.2, 0.25) is 0 Å². The standard InChI is InChI=1S/C16H23BrN2O/c1-11(13-5-7-14(17)8-6-13)10-16(20)19-15-4-3-9-18-12(15)2/h5-8,11-12,15,18H,3-4,9-10H2,1-2H3,(H,19,20). The molecule has 3 atom stereocenters. The van der Waals surface area contributed by atoms with Gasteiger partial charge in [0.2, 0.25) is 5.91 Å². The monoisotopic (exact) mass is 338 g/mol. The smallest absolute Gasteiger partial charge is 0.220 e. The third kappa shape index (κ3) is 4.32. The van der Waals surface area contributed by atoms with Crippen LogP contribution in [0, 0.1) is 0 Å². The fraction of sp³-hybridized carbons (Fsp3) is 0.562. The minimum Gasteiger partial charge on any atom is -0.352 e. The first-order valence-electron chi connectivity index (χ1n) is 7.34. The number of halogens is 1. The summed E-state index contributed by atoms with van der Waals surface area (Å²) in [6.07, 6.45) is 2.76. The molecular weight excluding hydrogens is 316 g/mol. The van der Waals surface area contributed by atoms with Crippen molar-refractivity contribution in [3.63, 3.8) is 0 Å². The minimum absolute atomic E-state index is 0.154. The highest BCUT2D eigenvalue weighted by Crippen LogP contribution is 2.21. The number of rotatable bonds is 4. The molecule has 1 aliphatic rings. The molecule has 20 heavy (non-hydrogen) atoms. The lowest BCUT2D eigenvalue weighted by atomic mass is 9.96. The average molecular weight is 339 g/mol. The Balaban J connectivity index is 1.85. The van der Waals surface area contributed by atoms with Crippen molar-refractivity contribution >= 4 is 21.8 Å². The SMILES string of the molecule is CC(CC(=O)NC1CCCNC1C)c1ccc(Br)cc1. The van der Waals surface area contributed by atoms with Gasteiger partial charge in [-0.2, -0.15) is 0 Å². The first kappa shape index (κ1) is 15.5. The zero-order chi connectivity index (χ0) is 14.5. The van der Waals surface area contributed by atoms with Crippen molar-refractivity contribution in [1.29, 1.82) is 0 Å². The van der Waals surface area contributed by atoms with Crippen LogP contribution in [-0.2, 0) is 4.79 Å². The van der Waals surface area contributed by atoms with Gasteiger partial charge in [0, 0.05) is 23.0 Å². The summed E-state index contributed by atoms with van der Waals surface area (Å²) in [7, 11) is 0. The molecule has 0 bridgehead atoms. The Bertz CT molecular complexity index is 446. The molecule has 1 saturated heterocycles. The molecule has 2 rings (SSSR count). The van der Waals surface area contributed by atoms with Gasteiger partial charge in [0.25, 0.3) is 0 Å². The lowest BCUT2D eigenvalue weighted by Gasteiger charge is -2.31. The summed E-state index contributed by atoms with van der Waals surface area (Å²) in [6.45, 7) is 5.30. The molecule has 0 radical (unpaired) electrons. The fourth-order valence-corrected chi connectivity index (χ4v) is 2.96. The molecule has 1 aromatic rings. The molecule has 0 aromatic heterocycles. The Morgan fingerprint density at radius 1 is 1.45 bits per heavy atom. The van der Waals surface area contributed by atoms with Gasteiger partial charge in [0.15, 0.2) is 0 Å². The second-order valence-electron chi connectivity index (χ2n) is 5.72. The Morgan fingerprint density at radius 3 is 2.80 bits per heavy atom. The van der Waals surface area contributed by atoms with Crippen LogP contribution >= 0.6 is 15.9 Å². The average Bonchev–Trinajstić information content (AvgIpc) is 2.42. The van der Waals surface area contributed by atoms with E-state index in [0.29, 0.717) is 12.5 Å². The zero-order valence-corrected chi connectivity index (χ0v) is 13.7. The summed E-state index contributed by atoms with van der Waals surface area (Å²) in [6, 6.07) is 8.84. The van der Waals surface area contributed by atoms with Gasteiger partial charge in [0.05, 0.1) is 0 Å². The maximum atomic E-state index is 12.2. The summed E-state index contributed by atoms with van der Waals surface area (Å²) in [4.78, 5) is 12.2. The van der Waals surface area contributed by atoms with E-state index in [9.17, 15) is 4.79 Å². The van der Waals surface area contributed by atoms with Crippen molar-refractivity contribution in [3.05, 3.63) is 34.3 Å². The second kappa shape index (κ2) is 7.23. The number of amides is 1. The molecule has 2 N–H and O–H groups in total. The largest absolute Gasteiger partial charge is 0.352 e. The van der Waals surface area contributed by atoms with E-state index in [-0.39, 0.29) is 17.9 Å². The third-order valence-corrected chi connectivity index (χ3v) is 4.57. The molecule has 1 heterocycles. The Kier molecular flexibility index (Phi) is 5.61. The van der Waals surface area contributed by atoms with Crippen molar-refractivity contribution in [2.45, 2.75) is 51.1 Å². The Labute approximate surface area is 129 Å². The predicted octanol–water partition coefficient (Wildman–Crippen LogP) is 3.20. The van der Waals surface area contributed by atoms with Crippen molar-refractivity contribution in [3.8, 4) is 0 Å². The van der Waals surface area contributed by atoms with Gasteiger partial charge in [-0.25, -0.2) is 0 Å². The summed E-state index contributed by atoms with van der Waals surface area (Å²) in [5, 5.41) is 6.58. The molecular formula is C16H23BrN2O. The third-order valence-electron chi connectivity index (χ3n) is 4.04. The predicted molar refractivity (Wildman–Crippen MR) is 85.8 cm³/mol. The fourth-order valence-electron chi connectivity index (χ4n) is 2.69. The van der Waals surface area contributed by atoms with Gasteiger partial charge >= 0.3 is 0 Å². The molecule has 1 fully saturated rings. The van der Waals surface area contributed by atoms with E-state index in [4.69, 9.17) is 0 Å². The quantitative estimate of drug-likeness (QED) is 0.885. The van der Waals surface area contributed by atoms with Gasteiger partial charge in [-0.1, -0.05) is 35.0 Å². The highest BCUT2D eigenvalue weighted by Gasteiger charge is 2.23. The number of nitrogens with one attached hydrogen (secondary N) is 2. The first-order chi connectivity index (χ1) is 9.56. The van der Waals surface area contributed by atoms with Gasteiger partial charge in [-0.05, 0) is 49.9 Å². The Hall–Kier alpha value is -0.870. The number of benzene rings is 1. The summed E-state index contributed by atoms with van der Waals surface area (Å²) in [5.41, 5.74) is 1.21. The zero-order valence-electron chi connectivity index (χ0n) is 12.2. The van der Waals surface area contributed by atoms with Crippen LogP contribution in [0.5, 0.6) is 0 Å². The van der Waals surface area contributed by atoms with Crippen LogP contribution in [-0.4, -0.2) is 24.5 Å². The molecule has 1 aliphatic heterocycles. The molecule has 3 unspecified atom stereocenters. The van der Waals surface area contributed by atoms with Crippen LogP contribution in [0.25, 0.3) is 0 Å². The van der Waals surface area contributed by atoms with E-state index < -0.39 is 0 Å². The number of piperidine rings is 1. The van der Waals surface area contributed by atoms with E-state index in [0.717, 1.165) is 23.9 Å². The molecule has 1 amide bonds. The molecule has 1 aromatic carbocycles. The molecule has 0 aliphatic carbocycles. The summed E-state index contributed by atoms with van der Waals surface area (Å²) < 4.78 is 1.07. The normalized spacial score (nSPS) is 24.1. The lowest BCUT2D eigenvalue weighted by Crippen LogP contribution is -2.52. The Morgan fingerprint density at radius 2 is 2.15 bits per heavy atom. The van der Waals surface area contributed by atoms with Crippen molar-refractivity contribution in [1.82, 2.24) is 10.6 Å². The number of hydrogen-bond acceptors (Lipinski definition) is 2. The first-order valence-corrected chi connectivity index (χ1v) is 8.14. The van der Waals surface area contributed by atoms with Crippen molar-refractivity contribution < 1.29 is 4.79 Å². The van der Waals surface area contributed by atoms with E-state index in [2.05, 4.69) is 52.5 Å². The molecule has 110 valence electrons. The lowest BCUT2D eigenvalue weighted by molar-refractivity contribution is -0.122. The van der Waals surface area contributed by atoms with Gasteiger partial charge in [-0.3, -0.25) is 4.79 Å². The summed E-state index contributed by atoms with van der Waals surface area (Å²) in [5.74, 6) is 0.399.